The molecule has 0 spiro atoms. The Labute approximate surface area is 177 Å². The van der Waals surface area contributed by atoms with Crippen LogP contribution < -0.4 is 15.5 Å². The van der Waals surface area contributed by atoms with Crippen LogP contribution in [-0.2, 0) is 9.59 Å². The number of anilines is 1. The van der Waals surface area contributed by atoms with E-state index >= 15 is 0 Å². The maximum absolute atomic E-state index is 13.4. The number of nitrogens with zero attached hydrogens (tertiary/aromatic N) is 2. The Balaban J connectivity index is 1.71. The minimum atomic E-state index is -1.03. The van der Waals surface area contributed by atoms with Crippen LogP contribution in [0.2, 0.25) is 0 Å². The number of amides is 3. The number of hydrogen-bond acceptors (Lipinski definition) is 5. The molecule has 1 fully saturated rings. The van der Waals surface area contributed by atoms with Gasteiger partial charge in [0, 0.05) is 18.3 Å². The maximum Gasteiger partial charge on any atom is 0.269 e. The third kappa shape index (κ3) is 4.54. The highest BCUT2D eigenvalue weighted by atomic mass is 32.1. The average Bonchev–Trinajstić information content (AvgIpc) is 2.92. The number of carbonyl (C=O) groups excluding carboxylic acids is 3. The Morgan fingerprint density at radius 3 is 2.53 bits per heavy atom. The molecule has 1 saturated heterocycles. The van der Waals surface area contributed by atoms with Gasteiger partial charge in [-0.05, 0) is 54.7 Å². The van der Waals surface area contributed by atoms with Gasteiger partial charge in [-0.15, -0.1) is 0 Å². The second-order valence-electron chi connectivity index (χ2n) is 6.50. The molecule has 0 bridgehead atoms. The summed E-state index contributed by atoms with van der Waals surface area (Å²) in [6.07, 6.45) is -0.251. The molecule has 0 saturated carbocycles. The number of nitrogens with one attached hydrogen (secondary N) is 2. The lowest BCUT2D eigenvalue weighted by Gasteiger charge is -2.24. The molecule has 8 nitrogen and oxygen atoms in total. The lowest BCUT2D eigenvalue weighted by atomic mass is 10.2. The summed E-state index contributed by atoms with van der Waals surface area (Å²) in [5.41, 5.74) is 3.08. The number of rotatable bonds is 6. The molecule has 1 heterocycles. The van der Waals surface area contributed by atoms with Crippen molar-refractivity contribution in [2.45, 2.75) is 12.5 Å². The second kappa shape index (κ2) is 8.87. The number of halogens is 1. The standard InChI is InChI=1S/C20H19FN4O4S/c1-24-19(28)16(11-17(26)22-14-6-8-15(29-2)9-7-14)25(20(24)30)23-18(27)12-4-3-5-13(21)10-12/h3-10,16H,11H2,1-2H3,(H,22,26)(H,23,27). The van der Waals surface area contributed by atoms with E-state index in [1.165, 1.54) is 37.3 Å². The first kappa shape index (κ1) is 21.2. The summed E-state index contributed by atoms with van der Waals surface area (Å²) in [4.78, 5) is 38.7. The highest BCUT2D eigenvalue weighted by Gasteiger charge is 2.42. The zero-order valence-electron chi connectivity index (χ0n) is 16.2. The van der Waals surface area contributed by atoms with Crippen LogP contribution in [0.5, 0.6) is 5.75 Å². The average molecular weight is 430 g/mol. The first-order chi connectivity index (χ1) is 14.3. The fourth-order valence-corrected chi connectivity index (χ4v) is 3.16. The Hall–Kier alpha value is -3.53. The van der Waals surface area contributed by atoms with Crippen LogP contribution in [0, 0.1) is 5.82 Å². The van der Waals surface area contributed by atoms with Crippen molar-refractivity contribution in [3.8, 4) is 5.75 Å². The van der Waals surface area contributed by atoms with Gasteiger partial charge in [-0.25, -0.2) is 9.40 Å². The van der Waals surface area contributed by atoms with Crippen LogP contribution in [0.25, 0.3) is 0 Å². The SMILES string of the molecule is COc1ccc(NC(=O)CC2C(=O)N(C)C(=S)N2NC(=O)c2cccc(F)c2)cc1. The van der Waals surface area contributed by atoms with E-state index in [4.69, 9.17) is 17.0 Å². The van der Waals surface area contributed by atoms with Crippen molar-refractivity contribution in [3.63, 3.8) is 0 Å². The van der Waals surface area contributed by atoms with E-state index in [2.05, 4.69) is 10.7 Å². The molecule has 1 atom stereocenters. The summed E-state index contributed by atoms with van der Waals surface area (Å²) in [5.74, 6) is -1.47. The van der Waals surface area contributed by atoms with E-state index in [1.54, 1.807) is 24.3 Å². The van der Waals surface area contributed by atoms with Gasteiger partial charge in [0.05, 0.1) is 13.5 Å². The van der Waals surface area contributed by atoms with E-state index < -0.39 is 29.6 Å². The molecule has 0 aliphatic carbocycles. The van der Waals surface area contributed by atoms with Crippen LogP contribution in [0.3, 0.4) is 0 Å². The summed E-state index contributed by atoms with van der Waals surface area (Å²) in [5, 5.41) is 3.87. The number of likely N-dealkylation sites (N-methyl/N-ethyl adjacent to an activating group) is 1. The van der Waals surface area contributed by atoms with E-state index in [9.17, 15) is 18.8 Å². The molecular weight excluding hydrogens is 411 g/mol. The lowest BCUT2D eigenvalue weighted by molar-refractivity contribution is -0.130. The fourth-order valence-electron chi connectivity index (χ4n) is 2.89. The van der Waals surface area contributed by atoms with Crippen molar-refractivity contribution >= 4 is 40.7 Å². The van der Waals surface area contributed by atoms with Gasteiger partial charge in [0.1, 0.15) is 17.6 Å². The summed E-state index contributed by atoms with van der Waals surface area (Å²) in [7, 11) is 2.98. The van der Waals surface area contributed by atoms with Gasteiger partial charge in [-0.3, -0.25) is 24.7 Å². The third-order valence-electron chi connectivity index (χ3n) is 4.48. The topological polar surface area (TPSA) is 91.0 Å². The molecule has 30 heavy (non-hydrogen) atoms. The van der Waals surface area contributed by atoms with E-state index in [-0.39, 0.29) is 17.1 Å². The monoisotopic (exact) mass is 430 g/mol. The predicted molar refractivity (Wildman–Crippen MR) is 111 cm³/mol. The van der Waals surface area contributed by atoms with Gasteiger partial charge in [0.25, 0.3) is 11.8 Å². The minimum Gasteiger partial charge on any atom is -0.497 e. The van der Waals surface area contributed by atoms with Crippen LogP contribution in [0.15, 0.2) is 48.5 Å². The first-order valence-corrected chi connectivity index (χ1v) is 9.32. The number of ether oxygens (including phenoxy) is 1. The van der Waals surface area contributed by atoms with Crippen LogP contribution in [0.1, 0.15) is 16.8 Å². The van der Waals surface area contributed by atoms with Crippen LogP contribution in [0.4, 0.5) is 10.1 Å². The molecule has 2 aromatic rings. The molecule has 1 aliphatic heterocycles. The van der Waals surface area contributed by atoms with Crippen molar-refractivity contribution in [3.05, 3.63) is 59.9 Å². The molecule has 3 amide bonds. The number of hydrazine groups is 1. The number of methoxy groups -OCH3 is 1. The fraction of sp³-hybridized carbons (Fsp3) is 0.200. The van der Waals surface area contributed by atoms with Crippen LogP contribution in [-0.4, -0.2) is 52.9 Å². The smallest absolute Gasteiger partial charge is 0.269 e. The molecule has 10 heteroatoms. The van der Waals surface area contributed by atoms with Crippen molar-refractivity contribution in [1.82, 2.24) is 15.3 Å². The molecule has 1 unspecified atom stereocenters. The number of carbonyl (C=O) groups is 3. The molecular formula is C20H19FN4O4S. The normalized spacial score (nSPS) is 15.9. The molecule has 2 aromatic carbocycles. The van der Waals surface area contributed by atoms with Crippen molar-refractivity contribution in [1.29, 1.82) is 0 Å². The zero-order chi connectivity index (χ0) is 21.8. The quantitative estimate of drug-likeness (QED) is 0.681. The van der Waals surface area contributed by atoms with Crippen molar-refractivity contribution in [2.24, 2.45) is 0 Å². The Morgan fingerprint density at radius 1 is 1.20 bits per heavy atom. The number of hydrogen-bond donors (Lipinski definition) is 2. The van der Waals surface area contributed by atoms with Gasteiger partial charge in [0.15, 0.2) is 5.11 Å². The molecule has 156 valence electrons. The summed E-state index contributed by atoms with van der Waals surface area (Å²) < 4.78 is 18.5. The molecule has 3 rings (SSSR count). The zero-order valence-corrected chi connectivity index (χ0v) is 17.0. The Bertz CT molecular complexity index is 999. The third-order valence-corrected chi connectivity index (χ3v) is 4.95. The highest BCUT2D eigenvalue weighted by molar-refractivity contribution is 7.80. The lowest BCUT2D eigenvalue weighted by Crippen LogP contribution is -2.49. The van der Waals surface area contributed by atoms with Gasteiger partial charge >= 0.3 is 0 Å². The van der Waals surface area contributed by atoms with E-state index in [0.29, 0.717) is 11.4 Å². The Kier molecular flexibility index (Phi) is 6.26. The van der Waals surface area contributed by atoms with Crippen molar-refractivity contribution < 1.29 is 23.5 Å². The maximum atomic E-state index is 13.4. The highest BCUT2D eigenvalue weighted by Crippen LogP contribution is 2.20. The van der Waals surface area contributed by atoms with Gasteiger partial charge < -0.3 is 10.1 Å². The van der Waals surface area contributed by atoms with Gasteiger partial charge in [0.2, 0.25) is 5.91 Å². The summed E-state index contributed by atoms with van der Waals surface area (Å²) >= 11 is 5.22. The molecule has 0 aromatic heterocycles. The number of thiocarbonyl (C=S) groups is 1. The first-order valence-electron chi connectivity index (χ1n) is 8.91. The van der Waals surface area contributed by atoms with Gasteiger partial charge in [-0.1, -0.05) is 6.07 Å². The molecule has 1 aliphatic rings. The van der Waals surface area contributed by atoms with E-state index in [0.717, 1.165) is 11.1 Å². The van der Waals surface area contributed by atoms with Gasteiger partial charge in [-0.2, -0.15) is 0 Å². The number of benzene rings is 2. The van der Waals surface area contributed by atoms with Crippen molar-refractivity contribution in [2.75, 3.05) is 19.5 Å². The molecule has 2 N–H and O–H groups in total. The predicted octanol–water partition coefficient (Wildman–Crippen LogP) is 1.94. The van der Waals surface area contributed by atoms with Crippen LogP contribution >= 0.6 is 12.2 Å². The minimum absolute atomic E-state index is 0.0343. The summed E-state index contributed by atoms with van der Waals surface area (Å²) in [6.45, 7) is 0. The Morgan fingerprint density at radius 2 is 1.90 bits per heavy atom. The molecule has 0 radical (unpaired) electrons. The van der Waals surface area contributed by atoms with E-state index in [1.807, 2.05) is 0 Å². The second-order valence-corrected chi connectivity index (χ2v) is 6.86. The largest absolute Gasteiger partial charge is 0.497 e. The summed E-state index contributed by atoms with van der Waals surface area (Å²) in [6, 6.07) is 10.7.